The molecular weight excluding hydrogens is 378 g/mol. The second-order valence-electron chi connectivity index (χ2n) is 6.09. The normalized spacial score (nSPS) is 10.5. The van der Waals surface area contributed by atoms with Crippen molar-refractivity contribution in [1.82, 2.24) is 0 Å². The van der Waals surface area contributed by atoms with Gasteiger partial charge < -0.3 is 10.1 Å². The minimum absolute atomic E-state index is 0.179. The van der Waals surface area contributed by atoms with Crippen LogP contribution in [-0.2, 0) is 5.75 Å². The molecule has 0 radical (unpaired) electrons. The fourth-order valence-electron chi connectivity index (χ4n) is 2.60. The molecule has 0 unspecified atom stereocenters. The molecule has 1 amide bonds. The van der Waals surface area contributed by atoms with Crippen LogP contribution in [0.5, 0.6) is 5.75 Å². The van der Waals surface area contributed by atoms with Crippen LogP contribution in [0.4, 0.5) is 5.69 Å². The summed E-state index contributed by atoms with van der Waals surface area (Å²) < 4.78 is 5.46. The van der Waals surface area contributed by atoms with Crippen molar-refractivity contribution in [2.75, 3.05) is 12.4 Å². The quantitative estimate of drug-likeness (QED) is 0.503. The number of amides is 1. The zero-order valence-electron chi connectivity index (χ0n) is 15.2. The summed E-state index contributed by atoms with van der Waals surface area (Å²) in [5.74, 6) is 1.31. The Morgan fingerprint density at radius 3 is 2.56 bits per heavy atom. The highest BCUT2D eigenvalue weighted by atomic mass is 35.5. The van der Waals surface area contributed by atoms with Gasteiger partial charge in [-0.25, -0.2) is 0 Å². The average molecular weight is 398 g/mol. The van der Waals surface area contributed by atoms with Crippen LogP contribution in [0.25, 0.3) is 0 Å². The molecule has 5 heteroatoms. The first kappa shape index (κ1) is 19.3. The number of rotatable bonds is 6. The molecule has 3 rings (SSSR count). The van der Waals surface area contributed by atoms with E-state index in [-0.39, 0.29) is 5.91 Å². The molecule has 0 aliphatic heterocycles. The van der Waals surface area contributed by atoms with E-state index < -0.39 is 0 Å². The van der Waals surface area contributed by atoms with Crippen molar-refractivity contribution in [3.05, 3.63) is 88.4 Å². The number of anilines is 1. The number of methoxy groups -OCH3 is 1. The molecule has 27 heavy (non-hydrogen) atoms. The van der Waals surface area contributed by atoms with E-state index in [1.54, 1.807) is 43.1 Å². The number of aryl methyl sites for hydroxylation is 1. The Balaban J connectivity index is 1.75. The Hall–Kier alpha value is -2.43. The Kier molecular flexibility index (Phi) is 6.43. The average Bonchev–Trinajstić information content (AvgIpc) is 2.67. The summed E-state index contributed by atoms with van der Waals surface area (Å²) >= 11 is 7.69. The van der Waals surface area contributed by atoms with Gasteiger partial charge in [0.1, 0.15) is 5.75 Å². The lowest BCUT2D eigenvalue weighted by Gasteiger charge is -2.11. The molecule has 0 saturated carbocycles. The van der Waals surface area contributed by atoms with Crippen molar-refractivity contribution < 1.29 is 9.53 Å². The minimum Gasteiger partial charge on any atom is -0.496 e. The molecule has 0 aliphatic rings. The number of hydrogen-bond donors (Lipinski definition) is 1. The summed E-state index contributed by atoms with van der Waals surface area (Å²) in [6.07, 6.45) is 0. The van der Waals surface area contributed by atoms with Gasteiger partial charge in [0.15, 0.2) is 0 Å². The highest BCUT2D eigenvalue weighted by Gasteiger charge is 2.11. The molecule has 0 saturated heterocycles. The van der Waals surface area contributed by atoms with Crippen LogP contribution in [0.1, 0.15) is 21.5 Å². The van der Waals surface area contributed by atoms with Gasteiger partial charge in [0.25, 0.3) is 5.91 Å². The molecule has 0 spiro atoms. The zero-order valence-corrected chi connectivity index (χ0v) is 16.7. The third-order valence-corrected chi connectivity index (χ3v) is 5.34. The summed E-state index contributed by atoms with van der Waals surface area (Å²) in [5, 5.41) is 3.45. The van der Waals surface area contributed by atoms with Gasteiger partial charge in [0.05, 0.1) is 7.11 Å². The fraction of sp³-hybridized carbons (Fsp3) is 0.136. The second kappa shape index (κ2) is 8.98. The first-order chi connectivity index (χ1) is 13.0. The third-order valence-electron chi connectivity index (χ3n) is 4.04. The van der Waals surface area contributed by atoms with Crippen LogP contribution in [0, 0.1) is 6.92 Å². The number of halogens is 1. The first-order valence-corrected chi connectivity index (χ1v) is 9.85. The standard InChI is InChI=1S/C22H20ClNO2S/c1-15-6-9-20(10-7-15)27-14-17-12-16(8-11-21(17)26-2)22(25)24-19-5-3-4-18(23)13-19/h3-13H,14H2,1-2H3,(H,24,25). The van der Waals surface area contributed by atoms with Crippen LogP contribution in [0.15, 0.2) is 71.6 Å². The molecule has 0 aliphatic carbocycles. The second-order valence-corrected chi connectivity index (χ2v) is 7.58. The molecule has 3 aromatic carbocycles. The number of ether oxygens (including phenoxy) is 1. The number of carbonyl (C=O) groups excluding carboxylic acids is 1. The number of nitrogens with one attached hydrogen (secondary N) is 1. The molecule has 1 N–H and O–H groups in total. The van der Waals surface area contributed by atoms with Crippen LogP contribution in [-0.4, -0.2) is 13.0 Å². The van der Waals surface area contributed by atoms with Gasteiger partial charge in [-0.3, -0.25) is 4.79 Å². The van der Waals surface area contributed by atoms with E-state index in [4.69, 9.17) is 16.3 Å². The topological polar surface area (TPSA) is 38.3 Å². The van der Waals surface area contributed by atoms with Crippen molar-refractivity contribution in [3.8, 4) is 5.75 Å². The Morgan fingerprint density at radius 2 is 1.85 bits per heavy atom. The predicted octanol–water partition coefficient (Wildman–Crippen LogP) is 6.20. The Morgan fingerprint density at radius 1 is 1.07 bits per heavy atom. The lowest BCUT2D eigenvalue weighted by atomic mass is 10.1. The van der Waals surface area contributed by atoms with Crippen LogP contribution in [0.3, 0.4) is 0 Å². The maximum atomic E-state index is 12.6. The summed E-state index contributed by atoms with van der Waals surface area (Å²) in [5.41, 5.74) is 3.45. The van der Waals surface area contributed by atoms with Gasteiger partial charge in [-0.15, -0.1) is 11.8 Å². The lowest BCUT2D eigenvalue weighted by Crippen LogP contribution is -2.12. The van der Waals surface area contributed by atoms with Crippen molar-refractivity contribution in [3.63, 3.8) is 0 Å². The number of benzene rings is 3. The van der Waals surface area contributed by atoms with Crippen molar-refractivity contribution in [1.29, 1.82) is 0 Å². The Bertz CT molecular complexity index is 941. The van der Waals surface area contributed by atoms with Crippen LogP contribution in [0.2, 0.25) is 5.02 Å². The number of hydrogen-bond acceptors (Lipinski definition) is 3. The monoisotopic (exact) mass is 397 g/mol. The summed E-state index contributed by atoms with van der Waals surface area (Å²) in [6.45, 7) is 2.07. The summed E-state index contributed by atoms with van der Waals surface area (Å²) in [7, 11) is 1.64. The van der Waals surface area contributed by atoms with E-state index in [1.165, 1.54) is 10.5 Å². The minimum atomic E-state index is -0.179. The van der Waals surface area contributed by atoms with Gasteiger partial charge >= 0.3 is 0 Å². The smallest absolute Gasteiger partial charge is 0.255 e. The molecule has 3 nitrogen and oxygen atoms in total. The summed E-state index contributed by atoms with van der Waals surface area (Å²) in [4.78, 5) is 13.8. The molecule has 0 bridgehead atoms. The van der Waals surface area contributed by atoms with Gasteiger partial charge in [-0.05, 0) is 55.5 Å². The maximum absolute atomic E-state index is 12.6. The lowest BCUT2D eigenvalue weighted by molar-refractivity contribution is 0.102. The number of thioether (sulfide) groups is 1. The molecule has 0 heterocycles. The van der Waals surface area contributed by atoms with Gasteiger partial charge in [0.2, 0.25) is 0 Å². The van der Waals surface area contributed by atoms with Crippen molar-refractivity contribution in [2.24, 2.45) is 0 Å². The van der Waals surface area contributed by atoms with E-state index in [9.17, 15) is 4.79 Å². The molecule has 138 valence electrons. The molecule has 0 atom stereocenters. The predicted molar refractivity (Wildman–Crippen MR) is 113 cm³/mol. The summed E-state index contributed by atoms with van der Waals surface area (Å²) in [6, 6.07) is 20.9. The van der Waals surface area contributed by atoms with Crippen molar-refractivity contribution in [2.45, 2.75) is 17.6 Å². The highest BCUT2D eigenvalue weighted by Crippen LogP contribution is 2.29. The Labute approximate surface area is 168 Å². The van der Waals surface area contributed by atoms with Crippen LogP contribution < -0.4 is 10.1 Å². The van der Waals surface area contributed by atoms with Crippen LogP contribution >= 0.6 is 23.4 Å². The van der Waals surface area contributed by atoms with Gasteiger partial charge in [0, 0.05) is 32.5 Å². The molecular formula is C22H20ClNO2S. The first-order valence-electron chi connectivity index (χ1n) is 8.48. The van der Waals surface area contributed by atoms with E-state index in [0.29, 0.717) is 22.0 Å². The number of carbonyl (C=O) groups is 1. The largest absolute Gasteiger partial charge is 0.496 e. The molecule has 3 aromatic rings. The van der Waals surface area contributed by atoms with Crippen molar-refractivity contribution >= 4 is 35.0 Å². The zero-order chi connectivity index (χ0) is 19.2. The van der Waals surface area contributed by atoms with E-state index >= 15 is 0 Å². The molecule has 0 fully saturated rings. The van der Waals surface area contributed by atoms with Gasteiger partial charge in [-0.2, -0.15) is 0 Å². The van der Waals surface area contributed by atoms with E-state index in [2.05, 4.69) is 36.5 Å². The molecule has 0 aromatic heterocycles. The maximum Gasteiger partial charge on any atom is 0.255 e. The SMILES string of the molecule is COc1ccc(C(=O)Nc2cccc(Cl)c2)cc1CSc1ccc(C)cc1. The van der Waals surface area contributed by atoms with Gasteiger partial charge in [-0.1, -0.05) is 35.4 Å². The fourth-order valence-corrected chi connectivity index (χ4v) is 3.66. The third kappa shape index (κ3) is 5.28. The van der Waals surface area contributed by atoms with E-state index in [0.717, 1.165) is 11.3 Å². The highest BCUT2D eigenvalue weighted by molar-refractivity contribution is 7.98. The van der Waals surface area contributed by atoms with E-state index in [1.807, 2.05) is 18.2 Å².